The first-order valence-corrected chi connectivity index (χ1v) is 14.7. The summed E-state index contributed by atoms with van der Waals surface area (Å²) in [6, 6.07) is 6.09. The minimum absolute atomic E-state index is 0.112. The summed E-state index contributed by atoms with van der Waals surface area (Å²) in [5.74, 6) is 0.594. The van der Waals surface area contributed by atoms with Crippen LogP contribution < -0.4 is 19.9 Å². The maximum absolute atomic E-state index is 13.7. The zero-order valence-corrected chi connectivity index (χ0v) is 24.6. The van der Waals surface area contributed by atoms with Crippen LogP contribution in [0.2, 0.25) is 5.02 Å². The number of carbonyl (C=O) groups is 1. The van der Waals surface area contributed by atoms with E-state index in [1.807, 2.05) is 0 Å². The molecule has 2 aromatic heterocycles. The monoisotopic (exact) mass is 616 g/mol. The highest BCUT2D eigenvalue weighted by molar-refractivity contribution is 6.33. The van der Waals surface area contributed by atoms with Gasteiger partial charge in [0.05, 0.1) is 64.9 Å². The van der Waals surface area contributed by atoms with Gasteiger partial charge in [0, 0.05) is 24.6 Å². The van der Waals surface area contributed by atoms with Crippen molar-refractivity contribution in [3.8, 4) is 17.3 Å². The second kappa shape index (κ2) is 11.5. The molecular formula is C30H32ClF3N6O3. The lowest BCUT2D eigenvalue weighted by molar-refractivity contribution is -0.137. The number of ether oxygens (including phenoxy) is 2. The number of alkyl halides is 3. The molecule has 2 amide bonds. The van der Waals surface area contributed by atoms with Crippen LogP contribution in [0, 0.1) is 5.92 Å². The van der Waals surface area contributed by atoms with Gasteiger partial charge in [-0.3, -0.25) is 4.90 Å². The van der Waals surface area contributed by atoms with Gasteiger partial charge in [-0.1, -0.05) is 23.7 Å². The molecule has 9 nitrogen and oxygen atoms in total. The van der Waals surface area contributed by atoms with Gasteiger partial charge in [0.15, 0.2) is 5.82 Å². The van der Waals surface area contributed by atoms with Crippen molar-refractivity contribution in [1.29, 1.82) is 0 Å². The number of hydrogen-bond donors (Lipinski definition) is 1. The van der Waals surface area contributed by atoms with Gasteiger partial charge in [0.25, 0.3) is 0 Å². The molecule has 2 atom stereocenters. The lowest BCUT2D eigenvalue weighted by atomic mass is 9.92. The highest BCUT2D eigenvalue weighted by Gasteiger charge is 2.39. The molecule has 0 aliphatic carbocycles. The number of fused-ring (bicyclic) bond motifs is 4. The maximum atomic E-state index is 13.7. The fraction of sp³-hybridized carbons (Fsp3) is 0.467. The third-order valence-electron chi connectivity index (χ3n) is 8.14. The molecule has 2 saturated heterocycles. The Morgan fingerprint density at radius 3 is 2.72 bits per heavy atom. The van der Waals surface area contributed by atoms with Gasteiger partial charge in [-0.25, -0.2) is 19.7 Å². The molecule has 2 fully saturated rings. The van der Waals surface area contributed by atoms with Crippen molar-refractivity contribution in [3.05, 3.63) is 53.3 Å². The second-order valence-electron chi connectivity index (χ2n) is 11.8. The van der Waals surface area contributed by atoms with Gasteiger partial charge in [-0.15, -0.1) is 0 Å². The quantitative estimate of drug-likeness (QED) is 0.336. The summed E-state index contributed by atoms with van der Waals surface area (Å²) in [5, 5.41) is 3.05. The molecule has 0 radical (unpaired) electrons. The SMILES string of the molecule is CC1(C)CC[C@@H](COc2ncc(NC(=O)N3c4nc(-c5cccc(C(F)(F)F)c5)c(Cl)cc4N4CCC[C@H]3C4)cn2)CO1. The molecule has 3 aliphatic heterocycles. The van der Waals surface area contributed by atoms with Crippen LogP contribution in [0.25, 0.3) is 11.3 Å². The van der Waals surface area contributed by atoms with E-state index < -0.39 is 17.8 Å². The molecular weight excluding hydrogens is 585 g/mol. The number of pyridine rings is 1. The average molecular weight is 617 g/mol. The Morgan fingerprint density at radius 2 is 2.00 bits per heavy atom. The van der Waals surface area contributed by atoms with E-state index in [1.165, 1.54) is 24.5 Å². The predicted molar refractivity (Wildman–Crippen MR) is 157 cm³/mol. The molecule has 1 N–H and O–H groups in total. The second-order valence-corrected chi connectivity index (χ2v) is 12.2. The number of anilines is 3. The van der Waals surface area contributed by atoms with E-state index in [1.54, 1.807) is 11.0 Å². The van der Waals surface area contributed by atoms with Crippen molar-refractivity contribution in [2.45, 2.75) is 57.3 Å². The van der Waals surface area contributed by atoms with Crippen molar-refractivity contribution in [1.82, 2.24) is 15.0 Å². The fourth-order valence-electron chi connectivity index (χ4n) is 5.76. The summed E-state index contributed by atoms with van der Waals surface area (Å²) >= 11 is 6.57. The number of halogens is 4. The topological polar surface area (TPSA) is 92.7 Å². The van der Waals surface area contributed by atoms with Crippen molar-refractivity contribution in [3.63, 3.8) is 0 Å². The molecule has 0 unspecified atom stereocenters. The number of urea groups is 1. The molecule has 13 heteroatoms. The van der Waals surface area contributed by atoms with Crippen LogP contribution in [0.15, 0.2) is 42.7 Å². The Hall–Kier alpha value is -3.64. The van der Waals surface area contributed by atoms with Crippen LogP contribution in [0.4, 0.5) is 35.2 Å². The van der Waals surface area contributed by atoms with Gasteiger partial charge in [0.2, 0.25) is 0 Å². The lowest BCUT2D eigenvalue weighted by Crippen LogP contribution is -2.56. The zero-order chi connectivity index (χ0) is 30.4. The summed E-state index contributed by atoms with van der Waals surface area (Å²) < 4.78 is 51.9. The minimum atomic E-state index is -4.52. The Labute approximate surface area is 252 Å². The molecule has 228 valence electrons. The molecule has 2 bridgehead atoms. The van der Waals surface area contributed by atoms with Crippen LogP contribution >= 0.6 is 11.6 Å². The Bertz CT molecular complexity index is 1490. The van der Waals surface area contributed by atoms with Crippen molar-refractivity contribution in [2.24, 2.45) is 5.92 Å². The smallest absolute Gasteiger partial charge is 0.416 e. The van der Waals surface area contributed by atoms with Crippen LogP contribution in [-0.4, -0.2) is 58.9 Å². The molecule has 0 saturated carbocycles. The molecule has 3 aromatic rings. The van der Waals surface area contributed by atoms with E-state index in [0.29, 0.717) is 37.0 Å². The molecule has 43 heavy (non-hydrogen) atoms. The van der Waals surface area contributed by atoms with Crippen molar-refractivity contribution >= 4 is 34.8 Å². The molecule has 6 rings (SSSR count). The Morgan fingerprint density at radius 1 is 1.21 bits per heavy atom. The number of rotatable bonds is 5. The number of aromatic nitrogens is 3. The first-order chi connectivity index (χ1) is 20.5. The van der Waals surface area contributed by atoms with E-state index in [4.69, 9.17) is 21.1 Å². The third-order valence-corrected chi connectivity index (χ3v) is 8.43. The number of hydrogen-bond acceptors (Lipinski definition) is 7. The largest absolute Gasteiger partial charge is 0.463 e. The number of benzene rings is 1. The minimum Gasteiger partial charge on any atom is -0.463 e. The lowest BCUT2D eigenvalue weighted by Gasteiger charge is -2.46. The first-order valence-electron chi connectivity index (χ1n) is 14.3. The standard InChI is InChI=1S/C30H32ClF3N6O3/c1-29(2)9-8-18(17-43-29)16-42-27-35-13-21(14-36-27)37-28(41)40-22-7-4-10-39(15-22)24-12-23(31)25(38-26(24)40)19-5-3-6-20(11-19)30(32,33)34/h3,5-6,11-14,18,22H,4,7-10,15-17H2,1-2H3,(H,37,41)/t18-,22-/m0/s1. The molecule has 0 spiro atoms. The predicted octanol–water partition coefficient (Wildman–Crippen LogP) is 6.82. The number of piperidine rings is 1. The summed E-state index contributed by atoms with van der Waals surface area (Å²) in [7, 11) is 0. The fourth-order valence-corrected chi connectivity index (χ4v) is 6.01. The average Bonchev–Trinajstić information content (AvgIpc) is 2.97. The van der Waals surface area contributed by atoms with E-state index in [0.717, 1.165) is 44.4 Å². The Kier molecular flexibility index (Phi) is 7.84. The maximum Gasteiger partial charge on any atom is 0.416 e. The van der Waals surface area contributed by atoms with Gasteiger partial charge in [-0.2, -0.15) is 13.2 Å². The van der Waals surface area contributed by atoms with Crippen LogP contribution in [0.5, 0.6) is 6.01 Å². The normalized spacial score (nSPS) is 21.3. The molecule has 3 aliphatic rings. The van der Waals surface area contributed by atoms with Crippen LogP contribution in [0.1, 0.15) is 45.1 Å². The van der Waals surface area contributed by atoms with Gasteiger partial charge < -0.3 is 19.7 Å². The first kappa shape index (κ1) is 29.4. The molecule has 1 aromatic carbocycles. The summed E-state index contributed by atoms with van der Waals surface area (Å²) in [5.41, 5.74) is 0.482. The van der Waals surface area contributed by atoms with Gasteiger partial charge in [0.1, 0.15) is 0 Å². The number of nitrogens with one attached hydrogen (secondary N) is 1. The van der Waals surface area contributed by atoms with E-state index >= 15 is 0 Å². The third kappa shape index (κ3) is 6.35. The van der Waals surface area contributed by atoms with E-state index in [9.17, 15) is 18.0 Å². The zero-order valence-electron chi connectivity index (χ0n) is 23.8. The number of nitrogens with zero attached hydrogens (tertiary/aromatic N) is 5. The van der Waals surface area contributed by atoms with Crippen LogP contribution in [-0.2, 0) is 10.9 Å². The van der Waals surface area contributed by atoms with Crippen LogP contribution in [0.3, 0.4) is 0 Å². The van der Waals surface area contributed by atoms with Crippen molar-refractivity contribution < 1.29 is 27.4 Å². The summed E-state index contributed by atoms with van der Waals surface area (Å²) in [6.45, 7) is 6.56. The number of carbonyl (C=O) groups excluding carboxylic acids is 1. The van der Waals surface area contributed by atoms with E-state index in [2.05, 4.69) is 39.0 Å². The summed E-state index contributed by atoms with van der Waals surface area (Å²) in [4.78, 5) is 30.5. The number of amides is 2. The van der Waals surface area contributed by atoms with Gasteiger partial charge >= 0.3 is 18.2 Å². The highest BCUT2D eigenvalue weighted by Crippen LogP contribution is 2.43. The summed E-state index contributed by atoms with van der Waals surface area (Å²) in [6.07, 6.45) is 1.98. The Balaban J connectivity index is 1.21. The van der Waals surface area contributed by atoms with Crippen molar-refractivity contribution in [2.75, 3.05) is 41.4 Å². The van der Waals surface area contributed by atoms with Gasteiger partial charge in [-0.05, 0) is 57.7 Å². The molecule has 5 heterocycles. The van der Waals surface area contributed by atoms with E-state index in [-0.39, 0.29) is 39.9 Å². The highest BCUT2D eigenvalue weighted by atomic mass is 35.5.